The van der Waals surface area contributed by atoms with Gasteiger partial charge in [0.1, 0.15) is 11.6 Å². The first-order chi connectivity index (χ1) is 14.3. The Morgan fingerprint density at radius 3 is 2.45 bits per heavy atom. The van der Waals surface area contributed by atoms with E-state index in [0.717, 1.165) is 16.9 Å². The van der Waals surface area contributed by atoms with E-state index in [9.17, 15) is 0 Å². The van der Waals surface area contributed by atoms with E-state index in [-0.39, 0.29) is 0 Å². The van der Waals surface area contributed by atoms with Crippen molar-refractivity contribution in [2.45, 2.75) is 6.54 Å². The molecule has 29 heavy (non-hydrogen) atoms. The average molecular weight is 378 g/mol. The lowest BCUT2D eigenvalue weighted by Gasteiger charge is -2.12. The van der Waals surface area contributed by atoms with Crippen LogP contribution < -0.4 is 10.6 Å². The number of nitrogens with one attached hydrogen (secondary N) is 2. The third kappa shape index (κ3) is 4.73. The Morgan fingerprint density at radius 2 is 1.66 bits per heavy atom. The number of aromatic nitrogens is 3. The minimum absolute atomic E-state index is 0.551. The Bertz CT molecular complexity index is 1140. The minimum Gasteiger partial charge on any atom is -0.364 e. The highest BCUT2D eigenvalue weighted by atomic mass is 15.1. The van der Waals surface area contributed by atoms with Gasteiger partial charge in [-0.05, 0) is 30.3 Å². The maximum Gasteiger partial charge on any atom is 0.163 e. The van der Waals surface area contributed by atoms with Crippen LogP contribution in [0.2, 0.25) is 0 Å². The van der Waals surface area contributed by atoms with Gasteiger partial charge in [0.05, 0.1) is 23.9 Å². The molecule has 0 bridgehead atoms. The normalized spacial score (nSPS) is 10.2. The number of nitrogens with zero attached hydrogens (tertiary/aromatic N) is 4. The monoisotopic (exact) mass is 378 g/mol. The van der Waals surface area contributed by atoms with Gasteiger partial charge in [-0.3, -0.25) is 4.98 Å². The second kappa shape index (κ2) is 8.63. The molecule has 6 nitrogen and oxygen atoms in total. The summed E-state index contributed by atoms with van der Waals surface area (Å²) in [6.07, 6.45) is 1.77. The van der Waals surface area contributed by atoms with E-state index >= 15 is 0 Å². The summed E-state index contributed by atoms with van der Waals surface area (Å²) < 4.78 is 0. The van der Waals surface area contributed by atoms with E-state index in [1.54, 1.807) is 18.3 Å². The van der Waals surface area contributed by atoms with E-state index in [0.29, 0.717) is 29.6 Å². The van der Waals surface area contributed by atoms with Gasteiger partial charge < -0.3 is 10.6 Å². The van der Waals surface area contributed by atoms with Crippen LogP contribution in [0.1, 0.15) is 11.3 Å². The fraction of sp³-hybridized carbons (Fsp3) is 0.0435. The molecule has 0 unspecified atom stereocenters. The number of nitriles is 1. The number of hydrogen-bond donors (Lipinski definition) is 2. The van der Waals surface area contributed by atoms with Crippen LogP contribution in [-0.2, 0) is 6.54 Å². The SMILES string of the molecule is N#Cc1cccc(Nc2cc(NCc3ccccn3)nc(-c3ccccc3)n2)c1. The van der Waals surface area contributed by atoms with Gasteiger partial charge in [-0.25, -0.2) is 9.97 Å². The molecule has 4 aromatic rings. The van der Waals surface area contributed by atoms with Gasteiger partial charge in [-0.15, -0.1) is 0 Å². The molecule has 0 aliphatic carbocycles. The van der Waals surface area contributed by atoms with Crippen molar-refractivity contribution in [2.75, 3.05) is 10.6 Å². The Kier molecular flexibility index (Phi) is 5.40. The molecule has 0 aliphatic rings. The summed E-state index contributed by atoms with van der Waals surface area (Å²) in [5.41, 5.74) is 3.21. The van der Waals surface area contributed by atoms with Crippen LogP contribution >= 0.6 is 0 Å². The van der Waals surface area contributed by atoms with E-state index in [4.69, 9.17) is 5.26 Å². The zero-order chi connectivity index (χ0) is 19.9. The molecule has 2 N–H and O–H groups in total. The van der Waals surface area contributed by atoms with Gasteiger partial charge in [0.25, 0.3) is 0 Å². The molecular weight excluding hydrogens is 360 g/mol. The van der Waals surface area contributed by atoms with E-state index in [1.807, 2.05) is 66.7 Å². The summed E-state index contributed by atoms with van der Waals surface area (Å²) in [7, 11) is 0. The Balaban J connectivity index is 1.65. The summed E-state index contributed by atoms with van der Waals surface area (Å²) in [6, 6.07) is 26.9. The van der Waals surface area contributed by atoms with Gasteiger partial charge in [0, 0.05) is 23.5 Å². The van der Waals surface area contributed by atoms with Gasteiger partial charge in [-0.1, -0.05) is 42.5 Å². The quantitative estimate of drug-likeness (QED) is 0.503. The van der Waals surface area contributed by atoms with Crippen molar-refractivity contribution in [3.05, 3.63) is 96.3 Å². The van der Waals surface area contributed by atoms with Crippen molar-refractivity contribution in [1.82, 2.24) is 15.0 Å². The van der Waals surface area contributed by atoms with Crippen LogP contribution in [-0.4, -0.2) is 15.0 Å². The molecule has 0 atom stereocenters. The first-order valence-corrected chi connectivity index (χ1v) is 9.16. The predicted octanol–water partition coefficient (Wildman–Crippen LogP) is 4.77. The zero-order valence-electron chi connectivity index (χ0n) is 15.6. The van der Waals surface area contributed by atoms with E-state index < -0.39 is 0 Å². The molecule has 2 aromatic carbocycles. The minimum atomic E-state index is 0.551. The summed E-state index contributed by atoms with van der Waals surface area (Å²) in [6.45, 7) is 0.551. The molecule has 0 spiro atoms. The summed E-state index contributed by atoms with van der Waals surface area (Å²) in [5, 5.41) is 15.7. The molecule has 0 radical (unpaired) electrons. The van der Waals surface area contributed by atoms with Crippen LogP contribution in [0.3, 0.4) is 0 Å². The first-order valence-electron chi connectivity index (χ1n) is 9.16. The molecule has 2 heterocycles. The van der Waals surface area contributed by atoms with Crippen LogP contribution in [0.25, 0.3) is 11.4 Å². The van der Waals surface area contributed by atoms with Gasteiger partial charge in [0.15, 0.2) is 5.82 Å². The van der Waals surface area contributed by atoms with Crippen LogP contribution in [0.5, 0.6) is 0 Å². The number of benzene rings is 2. The van der Waals surface area contributed by atoms with Crippen molar-refractivity contribution in [3.8, 4) is 17.5 Å². The number of anilines is 3. The fourth-order valence-corrected chi connectivity index (χ4v) is 2.82. The van der Waals surface area contributed by atoms with E-state index in [2.05, 4.69) is 31.7 Å². The van der Waals surface area contributed by atoms with Gasteiger partial charge in [-0.2, -0.15) is 5.26 Å². The number of pyridine rings is 1. The fourth-order valence-electron chi connectivity index (χ4n) is 2.82. The molecule has 0 saturated heterocycles. The Labute approximate surface area is 168 Å². The highest BCUT2D eigenvalue weighted by Crippen LogP contribution is 2.23. The second-order valence-electron chi connectivity index (χ2n) is 6.32. The highest BCUT2D eigenvalue weighted by molar-refractivity contribution is 5.65. The van der Waals surface area contributed by atoms with Gasteiger partial charge >= 0.3 is 0 Å². The third-order valence-electron chi connectivity index (χ3n) is 4.20. The molecule has 140 valence electrons. The average Bonchev–Trinajstić information content (AvgIpc) is 2.79. The standard InChI is InChI=1S/C23H18N6/c24-15-17-7-6-11-19(13-17)27-22-14-21(26-16-20-10-4-5-12-25-20)28-23(29-22)18-8-2-1-3-9-18/h1-14H,16H2,(H2,26,27,28,29). The zero-order valence-corrected chi connectivity index (χ0v) is 15.6. The maximum absolute atomic E-state index is 9.12. The molecule has 4 rings (SSSR count). The number of rotatable bonds is 6. The summed E-state index contributed by atoms with van der Waals surface area (Å²) in [5.74, 6) is 1.93. The molecule has 6 heteroatoms. The maximum atomic E-state index is 9.12. The lowest BCUT2D eigenvalue weighted by atomic mass is 10.2. The summed E-state index contributed by atoms with van der Waals surface area (Å²) >= 11 is 0. The number of hydrogen-bond acceptors (Lipinski definition) is 6. The third-order valence-corrected chi connectivity index (χ3v) is 4.20. The second-order valence-corrected chi connectivity index (χ2v) is 6.32. The van der Waals surface area contributed by atoms with Crippen molar-refractivity contribution >= 4 is 17.3 Å². The predicted molar refractivity (Wildman–Crippen MR) is 113 cm³/mol. The topological polar surface area (TPSA) is 86.5 Å². The Morgan fingerprint density at radius 1 is 0.828 bits per heavy atom. The molecule has 0 saturated carbocycles. The lowest BCUT2D eigenvalue weighted by Crippen LogP contribution is -2.06. The van der Waals surface area contributed by atoms with Crippen molar-refractivity contribution in [3.63, 3.8) is 0 Å². The van der Waals surface area contributed by atoms with Crippen LogP contribution in [0, 0.1) is 11.3 Å². The van der Waals surface area contributed by atoms with Gasteiger partial charge in [0.2, 0.25) is 0 Å². The molecule has 0 amide bonds. The lowest BCUT2D eigenvalue weighted by molar-refractivity contribution is 1.02. The molecule has 2 aromatic heterocycles. The molecular formula is C23H18N6. The highest BCUT2D eigenvalue weighted by Gasteiger charge is 2.08. The van der Waals surface area contributed by atoms with E-state index in [1.165, 1.54) is 0 Å². The Hall–Kier alpha value is -4.24. The first kappa shape index (κ1) is 18.1. The smallest absolute Gasteiger partial charge is 0.163 e. The molecule has 0 aliphatic heterocycles. The van der Waals surface area contributed by atoms with Crippen molar-refractivity contribution < 1.29 is 0 Å². The summed E-state index contributed by atoms with van der Waals surface area (Å²) in [4.78, 5) is 13.6. The van der Waals surface area contributed by atoms with Crippen LogP contribution in [0.4, 0.5) is 17.3 Å². The van der Waals surface area contributed by atoms with Crippen molar-refractivity contribution in [2.24, 2.45) is 0 Å². The van der Waals surface area contributed by atoms with Crippen LogP contribution in [0.15, 0.2) is 85.1 Å². The van der Waals surface area contributed by atoms with Crippen molar-refractivity contribution in [1.29, 1.82) is 5.26 Å². The molecule has 0 fully saturated rings. The largest absolute Gasteiger partial charge is 0.364 e.